The maximum Gasteiger partial charge on any atom is 0.264 e. The van der Waals surface area contributed by atoms with Crippen LogP contribution in [-0.2, 0) is 6.42 Å². The Hall–Kier alpha value is -1.86. The minimum Gasteiger partial charge on any atom is -0.319 e. The molecule has 1 rings (SSSR count). The second-order valence-electron chi connectivity index (χ2n) is 3.08. The van der Waals surface area contributed by atoms with E-state index >= 15 is 0 Å². The maximum atomic E-state index is 11.5. The van der Waals surface area contributed by atoms with Gasteiger partial charge in [-0.25, -0.2) is 0 Å². The molecule has 4 nitrogen and oxygen atoms in total. The number of likely N-dealkylation sites (N-methyl/N-ethyl adjacent to an activating group) is 1. The molecule has 2 N–H and O–H groups in total. The van der Waals surface area contributed by atoms with Crippen LogP contribution in [0.4, 0.5) is 0 Å². The summed E-state index contributed by atoms with van der Waals surface area (Å²) in [5.74, 6) is -0.343. The van der Waals surface area contributed by atoms with E-state index in [4.69, 9.17) is 5.26 Å². The first-order chi connectivity index (χ1) is 7.29. The van der Waals surface area contributed by atoms with Crippen molar-refractivity contribution in [3.8, 4) is 6.19 Å². The number of carbonyl (C=O) groups is 1. The van der Waals surface area contributed by atoms with Gasteiger partial charge in [0.05, 0.1) is 0 Å². The molecular formula is C11H13N3O. The monoisotopic (exact) mass is 203 g/mol. The van der Waals surface area contributed by atoms with Crippen LogP contribution in [-0.4, -0.2) is 19.5 Å². The molecule has 0 aliphatic heterocycles. The normalized spacial score (nSPS) is 9.33. The Bertz CT molecular complexity index is 382. The molecule has 0 bridgehead atoms. The molecule has 0 saturated carbocycles. The van der Waals surface area contributed by atoms with Crippen LogP contribution in [0.2, 0.25) is 0 Å². The van der Waals surface area contributed by atoms with Crippen LogP contribution in [0.15, 0.2) is 24.3 Å². The van der Waals surface area contributed by atoms with E-state index in [9.17, 15) is 4.79 Å². The predicted molar refractivity (Wildman–Crippen MR) is 57.2 cm³/mol. The molecule has 0 radical (unpaired) electrons. The lowest BCUT2D eigenvalue weighted by molar-refractivity contribution is 0.0972. The highest BCUT2D eigenvalue weighted by Gasteiger charge is 2.09. The zero-order valence-corrected chi connectivity index (χ0v) is 8.58. The third kappa shape index (κ3) is 3.08. The summed E-state index contributed by atoms with van der Waals surface area (Å²) in [6.07, 6.45) is 2.40. The highest BCUT2D eigenvalue weighted by molar-refractivity contribution is 5.96. The minimum atomic E-state index is -0.343. The first-order valence-electron chi connectivity index (χ1n) is 4.71. The molecule has 0 atom stereocenters. The summed E-state index contributed by atoms with van der Waals surface area (Å²) in [5, 5.41) is 13.5. The fraction of sp³-hybridized carbons (Fsp3) is 0.273. The second-order valence-corrected chi connectivity index (χ2v) is 3.08. The number of carbonyl (C=O) groups excluding carboxylic acids is 1. The van der Waals surface area contributed by atoms with Gasteiger partial charge in [-0.1, -0.05) is 18.2 Å². The molecule has 0 saturated heterocycles. The summed E-state index contributed by atoms with van der Waals surface area (Å²) in [6.45, 7) is 0.802. The zero-order chi connectivity index (χ0) is 11.1. The number of amides is 1. The third-order valence-electron chi connectivity index (χ3n) is 2.08. The number of benzene rings is 1. The fourth-order valence-corrected chi connectivity index (χ4v) is 1.34. The van der Waals surface area contributed by atoms with Gasteiger partial charge in [0, 0.05) is 5.56 Å². The Balaban J connectivity index is 2.86. The molecule has 0 fully saturated rings. The SMILES string of the molecule is CNCCc1ccccc1C(=O)NC#N. The molecule has 0 heterocycles. The Kier molecular flexibility index (Phi) is 4.32. The largest absolute Gasteiger partial charge is 0.319 e. The summed E-state index contributed by atoms with van der Waals surface area (Å²) >= 11 is 0. The molecule has 1 aromatic carbocycles. The van der Waals surface area contributed by atoms with Crippen molar-refractivity contribution in [1.82, 2.24) is 10.6 Å². The van der Waals surface area contributed by atoms with Gasteiger partial charge >= 0.3 is 0 Å². The van der Waals surface area contributed by atoms with Crippen LogP contribution in [0.1, 0.15) is 15.9 Å². The summed E-state index contributed by atoms with van der Waals surface area (Å²) < 4.78 is 0. The molecule has 4 heteroatoms. The minimum absolute atomic E-state index is 0.343. The Morgan fingerprint density at radius 3 is 2.87 bits per heavy atom. The summed E-state index contributed by atoms with van der Waals surface area (Å²) in [5.41, 5.74) is 1.51. The van der Waals surface area contributed by atoms with Gasteiger partial charge in [-0.15, -0.1) is 0 Å². The van der Waals surface area contributed by atoms with Crippen molar-refractivity contribution in [3.63, 3.8) is 0 Å². The predicted octanol–water partition coefficient (Wildman–Crippen LogP) is 0.659. The van der Waals surface area contributed by atoms with Crippen LogP contribution in [0, 0.1) is 11.5 Å². The van der Waals surface area contributed by atoms with E-state index in [1.54, 1.807) is 18.3 Å². The summed E-state index contributed by atoms with van der Waals surface area (Å²) in [6, 6.07) is 7.28. The number of hydrogen-bond donors (Lipinski definition) is 2. The van der Waals surface area contributed by atoms with E-state index in [0.717, 1.165) is 18.5 Å². The summed E-state index contributed by atoms with van der Waals surface area (Å²) in [7, 11) is 1.86. The first kappa shape index (κ1) is 11.2. The molecule has 15 heavy (non-hydrogen) atoms. The lowest BCUT2D eigenvalue weighted by Gasteiger charge is -2.06. The Labute approximate surface area is 88.9 Å². The van der Waals surface area contributed by atoms with Gasteiger partial charge in [-0.2, -0.15) is 5.26 Å². The molecule has 0 spiro atoms. The van der Waals surface area contributed by atoms with Crippen molar-refractivity contribution >= 4 is 5.91 Å². The molecule has 0 aliphatic carbocycles. The highest BCUT2D eigenvalue weighted by atomic mass is 16.1. The number of nitrogens with one attached hydrogen (secondary N) is 2. The molecular weight excluding hydrogens is 190 g/mol. The van der Waals surface area contributed by atoms with Crippen LogP contribution in [0.5, 0.6) is 0 Å². The van der Waals surface area contributed by atoms with Gasteiger partial charge in [0.15, 0.2) is 6.19 Å². The van der Waals surface area contributed by atoms with E-state index < -0.39 is 0 Å². The topological polar surface area (TPSA) is 64.9 Å². The Morgan fingerprint density at radius 1 is 1.47 bits per heavy atom. The van der Waals surface area contributed by atoms with Crippen molar-refractivity contribution in [2.24, 2.45) is 0 Å². The molecule has 78 valence electrons. The van der Waals surface area contributed by atoms with Gasteiger partial charge in [-0.05, 0) is 31.6 Å². The first-order valence-corrected chi connectivity index (χ1v) is 4.71. The van der Waals surface area contributed by atoms with E-state index in [1.165, 1.54) is 0 Å². The second kappa shape index (κ2) is 5.78. The number of nitrogens with zero attached hydrogens (tertiary/aromatic N) is 1. The van der Waals surface area contributed by atoms with Crippen molar-refractivity contribution in [3.05, 3.63) is 35.4 Å². The third-order valence-corrected chi connectivity index (χ3v) is 2.08. The molecule has 0 unspecified atom stereocenters. The van der Waals surface area contributed by atoms with Gasteiger partial charge < -0.3 is 5.32 Å². The van der Waals surface area contributed by atoms with E-state index in [-0.39, 0.29) is 5.91 Å². The smallest absolute Gasteiger partial charge is 0.264 e. The highest BCUT2D eigenvalue weighted by Crippen LogP contribution is 2.08. The quantitative estimate of drug-likeness (QED) is 0.558. The van der Waals surface area contributed by atoms with Crippen molar-refractivity contribution in [1.29, 1.82) is 5.26 Å². The van der Waals surface area contributed by atoms with Gasteiger partial charge in [0.25, 0.3) is 5.91 Å². The average molecular weight is 203 g/mol. The van der Waals surface area contributed by atoms with Crippen LogP contribution in [0.25, 0.3) is 0 Å². The lowest BCUT2D eigenvalue weighted by atomic mass is 10.0. The maximum absolute atomic E-state index is 11.5. The molecule has 0 aliphatic rings. The van der Waals surface area contributed by atoms with Gasteiger partial charge in [-0.3, -0.25) is 10.1 Å². The standard InChI is InChI=1S/C11H13N3O/c1-13-7-6-9-4-2-3-5-10(9)11(15)14-8-12/h2-5,13H,6-7H2,1H3,(H,14,15). The molecule has 0 aromatic heterocycles. The van der Waals surface area contributed by atoms with Crippen LogP contribution >= 0.6 is 0 Å². The number of hydrogen-bond acceptors (Lipinski definition) is 3. The molecule has 1 amide bonds. The fourth-order valence-electron chi connectivity index (χ4n) is 1.34. The zero-order valence-electron chi connectivity index (χ0n) is 8.58. The van der Waals surface area contributed by atoms with Crippen molar-refractivity contribution in [2.45, 2.75) is 6.42 Å². The summed E-state index contributed by atoms with van der Waals surface area (Å²) in [4.78, 5) is 11.5. The molecule has 1 aromatic rings. The van der Waals surface area contributed by atoms with Crippen molar-refractivity contribution < 1.29 is 4.79 Å². The average Bonchev–Trinajstić information content (AvgIpc) is 2.27. The van der Waals surface area contributed by atoms with E-state index in [1.807, 2.05) is 19.2 Å². The number of rotatable bonds is 4. The Morgan fingerprint density at radius 2 is 2.20 bits per heavy atom. The lowest BCUT2D eigenvalue weighted by Crippen LogP contribution is -2.20. The van der Waals surface area contributed by atoms with E-state index in [2.05, 4.69) is 10.6 Å². The van der Waals surface area contributed by atoms with Gasteiger partial charge in [0.2, 0.25) is 0 Å². The van der Waals surface area contributed by atoms with Gasteiger partial charge in [0.1, 0.15) is 0 Å². The van der Waals surface area contributed by atoms with Crippen molar-refractivity contribution in [2.75, 3.05) is 13.6 Å². The number of nitriles is 1. The van der Waals surface area contributed by atoms with Crippen LogP contribution in [0.3, 0.4) is 0 Å². The van der Waals surface area contributed by atoms with Crippen LogP contribution < -0.4 is 10.6 Å². The van der Waals surface area contributed by atoms with E-state index in [0.29, 0.717) is 5.56 Å².